The van der Waals surface area contributed by atoms with Crippen LogP contribution in [0.25, 0.3) is 0 Å². The molecule has 1 atom stereocenters. The zero-order chi connectivity index (χ0) is 11.1. The molecule has 2 saturated carbocycles. The fourth-order valence-electron chi connectivity index (χ4n) is 3.35. The van der Waals surface area contributed by atoms with Gasteiger partial charge in [-0.2, -0.15) is 0 Å². The van der Waals surface area contributed by atoms with Gasteiger partial charge in [-0.25, -0.2) is 0 Å². The van der Waals surface area contributed by atoms with Gasteiger partial charge < -0.3 is 10.1 Å². The predicted octanol–water partition coefficient (Wildman–Crippen LogP) is 2.87. The standard InChI is InChI=1S/C14H25NO/c1-13(7-8-13)11-15-12-4-9-16-14(10-12)5-2-3-6-14/h12,15H,2-11H2,1H3. The summed E-state index contributed by atoms with van der Waals surface area (Å²) in [6.45, 7) is 4.62. The van der Waals surface area contributed by atoms with Crippen molar-refractivity contribution in [3.8, 4) is 0 Å². The van der Waals surface area contributed by atoms with Gasteiger partial charge in [-0.3, -0.25) is 0 Å². The molecule has 2 nitrogen and oxygen atoms in total. The molecule has 0 bridgehead atoms. The molecule has 1 unspecified atom stereocenters. The van der Waals surface area contributed by atoms with Crippen molar-refractivity contribution >= 4 is 0 Å². The molecule has 1 aliphatic heterocycles. The Bertz CT molecular complexity index is 253. The zero-order valence-electron chi connectivity index (χ0n) is 10.6. The fourth-order valence-corrected chi connectivity index (χ4v) is 3.35. The van der Waals surface area contributed by atoms with Crippen molar-refractivity contribution in [1.82, 2.24) is 5.32 Å². The highest BCUT2D eigenvalue weighted by atomic mass is 16.5. The van der Waals surface area contributed by atoms with Gasteiger partial charge in [0.15, 0.2) is 0 Å². The van der Waals surface area contributed by atoms with Gasteiger partial charge in [0.2, 0.25) is 0 Å². The van der Waals surface area contributed by atoms with Crippen molar-refractivity contribution in [2.45, 2.75) is 69.9 Å². The van der Waals surface area contributed by atoms with Gasteiger partial charge in [0.25, 0.3) is 0 Å². The van der Waals surface area contributed by atoms with Crippen LogP contribution in [0.3, 0.4) is 0 Å². The summed E-state index contributed by atoms with van der Waals surface area (Å²) in [4.78, 5) is 0. The SMILES string of the molecule is CC1(CNC2CCOC3(CCCC3)C2)CC1. The molecule has 2 aliphatic carbocycles. The van der Waals surface area contributed by atoms with Crippen LogP contribution >= 0.6 is 0 Å². The lowest BCUT2D eigenvalue weighted by atomic mass is 9.88. The summed E-state index contributed by atoms with van der Waals surface area (Å²) in [5.74, 6) is 0. The second-order valence-corrected chi connectivity index (χ2v) is 6.62. The maximum atomic E-state index is 6.06. The van der Waals surface area contributed by atoms with Crippen LogP contribution in [0.2, 0.25) is 0 Å². The minimum Gasteiger partial charge on any atom is -0.375 e. The van der Waals surface area contributed by atoms with Crippen molar-refractivity contribution in [3.05, 3.63) is 0 Å². The van der Waals surface area contributed by atoms with Crippen LogP contribution in [-0.4, -0.2) is 24.8 Å². The van der Waals surface area contributed by atoms with E-state index in [4.69, 9.17) is 4.74 Å². The van der Waals surface area contributed by atoms with E-state index in [2.05, 4.69) is 12.2 Å². The Kier molecular flexibility index (Phi) is 2.75. The van der Waals surface area contributed by atoms with E-state index in [0.29, 0.717) is 5.41 Å². The average molecular weight is 223 g/mol. The Hall–Kier alpha value is -0.0800. The molecular formula is C14H25NO. The van der Waals surface area contributed by atoms with E-state index < -0.39 is 0 Å². The molecule has 16 heavy (non-hydrogen) atoms. The first kappa shape index (κ1) is 11.0. The normalized spacial score (nSPS) is 35.4. The Balaban J connectivity index is 1.51. The molecule has 92 valence electrons. The summed E-state index contributed by atoms with van der Waals surface area (Å²) in [7, 11) is 0. The molecular weight excluding hydrogens is 198 g/mol. The zero-order valence-corrected chi connectivity index (χ0v) is 10.6. The quantitative estimate of drug-likeness (QED) is 0.794. The molecule has 1 spiro atoms. The molecule has 3 aliphatic rings. The van der Waals surface area contributed by atoms with Gasteiger partial charge in [0.1, 0.15) is 0 Å². The Morgan fingerprint density at radius 2 is 1.94 bits per heavy atom. The molecule has 1 heterocycles. The monoisotopic (exact) mass is 223 g/mol. The number of ether oxygens (including phenoxy) is 1. The van der Waals surface area contributed by atoms with Gasteiger partial charge in [0.05, 0.1) is 5.60 Å². The van der Waals surface area contributed by atoms with Crippen molar-refractivity contribution in [1.29, 1.82) is 0 Å². The maximum absolute atomic E-state index is 6.06. The third-order valence-electron chi connectivity index (χ3n) is 4.93. The fraction of sp³-hybridized carbons (Fsp3) is 1.00. The highest BCUT2D eigenvalue weighted by Crippen LogP contribution is 2.45. The maximum Gasteiger partial charge on any atom is 0.0697 e. The summed E-state index contributed by atoms with van der Waals surface area (Å²) in [6, 6.07) is 0.726. The molecule has 1 N–H and O–H groups in total. The Labute approximate surface area is 99.1 Å². The van der Waals surface area contributed by atoms with E-state index in [1.54, 1.807) is 0 Å². The summed E-state index contributed by atoms with van der Waals surface area (Å²) in [5, 5.41) is 3.80. The molecule has 1 saturated heterocycles. The average Bonchev–Trinajstić information content (AvgIpc) is 2.86. The van der Waals surface area contributed by atoms with Crippen LogP contribution in [0.5, 0.6) is 0 Å². The second kappa shape index (κ2) is 3.99. The van der Waals surface area contributed by atoms with Crippen molar-refractivity contribution < 1.29 is 4.74 Å². The third-order valence-corrected chi connectivity index (χ3v) is 4.93. The number of hydrogen-bond acceptors (Lipinski definition) is 2. The molecule has 2 heteroatoms. The van der Waals surface area contributed by atoms with Gasteiger partial charge in [-0.15, -0.1) is 0 Å². The van der Waals surface area contributed by atoms with Gasteiger partial charge in [0, 0.05) is 19.2 Å². The van der Waals surface area contributed by atoms with Gasteiger partial charge in [-0.05, 0) is 43.9 Å². The molecule has 0 aromatic carbocycles. The second-order valence-electron chi connectivity index (χ2n) is 6.62. The molecule has 3 fully saturated rings. The number of nitrogens with one attached hydrogen (secondary N) is 1. The summed E-state index contributed by atoms with van der Waals surface area (Å²) in [6.07, 6.45) is 10.7. The first-order valence-electron chi connectivity index (χ1n) is 7.07. The lowest BCUT2D eigenvalue weighted by Crippen LogP contribution is -2.46. The first-order valence-corrected chi connectivity index (χ1v) is 7.07. The van der Waals surface area contributed by atoms with Crippen molar-refractivity contribution in [2.75, 3.05) is 13.2 Å². The van der Waals surface area contributed by atoms with E-state index in [0.717, 1.165) is 12.6 Å². The van der Waals surface area contributed by atoms with Crippen LogP contribution in [-0.2, 0) is 4.74 Å². The van der Waals surface area contributed by atoms with Crippen molar-refractivity contribution in [2.24, 2.45) is 5.41 Å². The molecule has 0 amide bonds. The Morgan fingerprint density at radius 1 is 1.19 bits per heavy atom. The van der Waals surface area contributed by atoms with E-state index in [9.17, 15) is 0 Å². The summed E-state index contributed by atoms with van der Waals surface area (Å²) in [5.41, 5.74) is 0.918. The number of rotatable bonds is 3. The van der Waals surface area contributed by atoms with E-state index in [1.165, 1.54) is 57.9 Å². The molecule has 3 rings (SSSR count). The highest BCUT2D eigenvalue weighted by Gasteiger charge is 2.41. The lowest BCUT2D eigenvalue weighted by molar-refractivity contribution is -0.0839. The largest absolute Gasteiger partial charge is 0.375 e. The van der Waals surface area contributed by atoms with Crippen LogP contribution in [0.1, 0.15) is 58.3 Å². The van der Waals surface area contributed by atoms with E-state index in [-0.39, 0.29) is 5.60 Å². The van der Waals surface area contributed by atoms with Crippen molar-refractivity contribution in [3.63, 3.8) is 0 Å². The highest BCUT2D eigenvalue weighted by molar-refractivity contribution is 4.96. The topological polar surface area (TPSA) is 21.3 Å². The predicted molar refractivity (Wildman–Crippen MR) is 65.5 cm³/mol. The van der Waals surface area contributed by atoms with Gasteiger partial charge in [-0.1, -0.05) is 19.8 Å². The number of hydrogen-bond donors (Lipinski definition) is 1. The van der Waals surface area contributed by atoms with E-state index >= 15 is 0 Å². The third kappa shape index (κ3) is 2.28. The van der Waals surface area contributed by atoms with E-state index in [1.807, 2.05) is 0 Å². The van der Waals surface area contributed by atoms with Crippen LogP contribution < -0.4 is 5.32 Å². The molecule has 0 aromatic rings. The molecule has 0 radical (unpaired) electrons. The smallest absolute Gasteiger partial charge is 0.0697 e. The summed E-state index contributed by atoms with van der Waals surface area (Å²) < 4.78 is 6.06. The van der Waals surface area contributed by atoms with Gasteiger partial charge >= 0.3 is 0 Å². The first-order chi connectivity index (χ1) is 7.70. The Morgan fingerprint density at radius 3 is 2.62 bits per heavy atom. The minimum absolute atomic E-state index is 0.278. The lowest BCUT2D eigenvalue weighted by Gasteiger charge is -2.39. The van der Waals surface area contributed by atoms with Crippen LogP contribution in [0.15, 0.2) is 0 Å². The molecule has 0 aromatic heterocycles. The minimum atomic E-state index is 0.278. The van der Waals surface area contributed by atoms with Crippen LogP contribution in [0.4, 0.5) is 0 Å². The summed E-state index contributed by atoms with van der Waals surface area (Å²) >= 11 is 0. The van der Waals surface area contributed by atoms with Crippen LogP contribution in [0, 0.1) is 5.41 Å².